The molecular formula is C17H22O. The summed E-state index contributed by atoms with van der Waals surface area (Å²) >= 11 is 0. The molecule has 0 aromatic heterocycles. The normalized spacial score (nSPS) is 49.6. The lowest BCUT2D eigenvalue weighted by atomic mass is 9.32. The largest absolute Gasteiger partial charge is 0.384 e. The van der Waals surface area contributed by atoms with E-state index in [1.54, 1.807) is 0 Å². The highest BCUT2D eigenvalue weighted by Gasteiger charge is 2.74. The maximum absolute atomic E-state index is 11.4. The predicted molar refractivity (Wildman–Crippen MR) is 72.0 cm³/mol. The van der Waals surface area contributed by atoms with Gasteiger partial charge in [0.25, 0.3) is 0 Å². The minimum absolute atomic E-state index is 0.148. The van der Waals surface area contributed by atoms with Crippen molar-refractivity contribution in [2.45, 2.75) is 44.6 Å². The molecule has 1 heteroatoms. The molecule has 4 unspecified atom stereocenters. The van der Waals surface area contributed by atoms with Crippen LogP contribution in [0.15, 0.2) is 30.3 Å². The molecule has 0 spiro atoms. The molecule has 0 aliphatic heterocycles. The fourth-order valence-corrected chi connectivity index (χ4v) is 5.75. The van der Waals surface area contributed by atoms with E-state index in [2.05, 4.69) is 31.2 Å². The zero-order valence-corrected chi connectivity index (χ0v) is 11.1. The highest BCUT2D eigenvalue weighted by molar-refractivity contribution is 5.35. The van der Waals surface area contributed by atoms with E-state index >= 15 is 0 Å². The van der Waals surface area contributed by atoms with Gasteiger partial charge in [-0.05, 0) is 49.0 Å². The average Bonchev–Trinajstić information content (AvgIpc) is 2.38. The lowest BCUT2D eigenvalue weighted by Gasteiger charge is -2.74. The Morgan fingerprint density at radius 1 is 1.00 bits per heavy atom. The Morgan fingerprint density at radius 2 is 1.78 bits per heavy atom. The van der Waals surface area contributed by atoms with Gasteiger partial charge in [0.15, 0.2) is 0 Å². The van der Waals surface area contributed by atoms with E-state index in [4.69, 9.17) is 0 Å². The molecule has 3 saturated carbocycles. The van der Waals surface area contributed by atoms with Crippen LogP contribution in [-0.4, -0.2) is 5.11 Å². The Balaban J connectivity index is 1.83. The smallest absolute Gasteiger partial charge is 0.0986 e. The molecule has 0 radical (unpaired) electrons. The molecule has 3 aliphatic carbocycles. The Hall–Kier alpha value is -0.820. The highest BCUT2D eigenvalue weighted by atomic mass is 16.3. The third kappa shape index (κ3) is 1.00. The number of hydrogen-bond donors (Lipinski definition) is 1. The summed E-state index contributed by atoms with van der Waals surface area (Å²) in [5.74, 6) is 2.03. The number of hydrogen-bond acceptors (Lipinski definition) is 1. The van der Waals surface area contributed by atoms with Crippen molar-refractivity contribution in [3.8, 4) is 0 Å². The summed E-state index contributed by atoms with van der Waals surface area (Å²) in [6.07, 6.45) is 6.62. The summed E-state index contributed by atoms with van der Waals surface area (Å²) < 4.78 is 0. The molecule has 1 aromatic carbocycles. The van der Waals surface area contributed by atoms with Crippen molar-refractivity contribution in [1.29, 1.82) is 0 Å². The Labute approximate surface area is 109 Å². The SMILES string of the molecule is CC12C3CCCC1C(CC3)[C@@]2(O)c1ccccc1. The maximum atomic E-state index is 11.4. The lowest BCUT2D eigenvalue weighted by molar-refractivity contribution is -0.328. The second-order valence-electron chi connectivity index (χ2n) is 6.83. The first kappa shape index (κ1) is 11.0. The van der Waals surface area contributed by atoms with Crippen LogP contribution < -0.4 is 0 Å². The van der Waals surface area contributed by atoms with Gasteiger partial charge in [-0.3, -0.25) is 0 Å². The third-order valence-corrected chi connectivity index (χ3v) is 6.57. The summed E-state index contributed by atoms with van der Waals surface area (Å²) in [5, 5.41) is 11.4. The summed E-state index contributed by atoms with van der Waals surface area (Å²) in [6.45, 7) is 2.37. The number of aliphatic hydroxyl groups is 1. The molecule has 3 fully saturated rings. The molecule has 1 aromatic rings. The van der Waals surface area contributed by atoms with Crippen LogP contribution in [0.5, 0.6) is 0 Å². The molecule has 0 saturated heterocycles. The van der Waals surface area contributed by atoms with Crippen molar-refractivity contribution < 1.29 is 5.11 Å². The van der Waals surface area contributed by atoms with Gasteiger partial charge in [0, 0.05) is 5.41 Å². The minimum Gasteiger partial charge on any atom is -0.384 e. The Bertz CT molecular complexity index is 457. The summed E-state index contributed by atoms with van der Waals surface area (Å²) in [5.41, 5.74) is 0.776. The standard InChI is InChI=1S/C17H22O/c1-16-12-8-5-9-14(16)15(11-10-12)17(16,18)13-6-3-2-4-7-13/h2-4,6-7,12,14-15,18H,5,8-11H2,1H3/t12?,14?,15?,16?,17-/m0/s1. The number of rotatable bonds is 1. The molecule has 0 amide bonds. The van der Waals surface area contributed by atoms with Gasteiger partial charge >= 0.3 is 0 Å². The monoisotopic (exact) mass is 242 g/mol. The van der Waals surface area contributed by atoms with Crippen molar-refractivity contribution >= 4 is 0 Å². The van der Waals surface area contributed by atoms with Crippen LogP contribution >= 0.6 is 0 Å². The molecule has 5 atom stereocenters. The van der Waals surface area contributed by atoms with Gasteiger partial charge in [-0.25, -0.2) is 0 Å². The van der Waals surface area contributed by atoms with E-state index in [1.165, 1.54) is 37.7 Å². The summed E-state index contributed by atoms with van der Waals surface area (Å²) in [7, 11) is 0. The van der Waals surface area contributed by atoms with E-state index < -0.39 is 5.60 Å². The van der Waals surface area contributed by atoms with Gasteiger partial charge < -0.3 is 5.11 Å². The molecule has 1 nitrogen and oxygen atoms in total. The van der Waals surface area contributed by atoms with Crippen molar-refractivity contribution in [3.05, 3.63) is 35.9 Å². The van der Waals surface area contributed by atoms with Crippen LogP contribution in [0.4, 0.5) is 0 Å². The van der Waals surface area contributed by atoms with E-state index in [0.717, 1.165) is 11.8 Å². The first-order valence-electron chi connectivity index (χ1n) is 7.47. The van der Waals surface area contributed by atoms with Crippen LogP contribution in [0.1, 0.15) is 44.6 Å². The Kier molecular flexibility index (Phi) is 2.08. The lowest BCUT2D eigenvalue weighted by Crippen LogP contribution is -2.73. The molecule has 1 N–H and O–H groups in total. The molecule has 0 heterocycles. The van der Waals surface area contributed by atoms with Crippen molar-refractivity contribution in [2.75, 3.05) is 0 Å². The van der Waals surface area contributed by atoms with Gasteiger partial charge in [-0.2, -0.15) is 0 Å². The fourth-order valence-electron chi connectivity index (χ4n) is 5.75. The molecule has 96 valence electrons. The zero-order chi connectivity index (χ0) is 12.4. The van der Waals surface area contributed by atoms with Crippen molar-refractivity contribution in [1.82, 2.24) is 0 Å². The molecule has 4 rings (SSSR count). The summed E-state index contributed by atoms with van der Waals surface area (Å²) in [4.78, 5) is 0. The van der Waals surface area contributed by atoms with E-state index in [0.29, 0.717) is 5.92 Å². The second kappa shape index (κ2) is 3.39. The highest BCUT2D eigenvalue weighted by Crippen LogP contribution is 2.75. The van der Waals surface area contributed by atoms with E-state index in [9.17, 15) is 5.11 Å². The van der Waals surface area contributed by atoms with Crippen LogP contribution in [0, 0.1) is 23.2 Å². The van der Waals surface area contributed by atoms with Crippen LogP contribution in [-0.2, 0) is 5.60 Å². The molecule has 18 heavy (non-hydrogen) atoms. The second-order valence-corrected chi connectivity index (χ2v) is 6.83. The van der Waals surface area contributed by atoms with Gasteiger partial charge in [-0.1, -0.05) is 43.7 Å². The quantitative estimate of drug-likeness (QED) is 0.795. The van der Waals surface area contributed by atoms with Crippen LogP contribution in [0.3, 0.4) is 0 Å². The van der Waals surface area contributed by atoms with E-state index in [-0.39, 0.29) is 5.41 Å². The van der Waals surface area contributed by atoms with Crippen LogP contribution in [0.2, 0.25) is 0 Å². The summed E-state index contributed by atoms with van der Waals surface area (Å²) in [6, 6.07) is 10.4. The van der Waals surface area contributed by atoms with Crippen molar-refractivity contribution in [2.24, 2.45) is 23.2 Å². The molecular weight excluding hydrogens is 220 g/mol. The minimum atomic E-state index is -0.539. The van der Waals surface area contributed by atoms with Crippen molar-refractivity contribution in [3.63, 3.8) is 0 Å². The first-order chi connectivity index (χ1) is 8.69. The first-order valence-corrected chi connectivity index (χ1v) is 7.47. The van der Waals surface area contributed by atoms with Gasteiger partial charge in [0.1, 0.15) is 0 Å². The maximum Gasteiger partial charge on any atom is 0.0986 e. The average molecular weight is 242 g/mol. The Morgan fingerprint density at radius 3 is 2.50 bits per heavy atom. The fraction of sp³-hybridized carbons (Fsp3) is 0.647. The van der Waals surface area contributed by atoms with Gasteiger partial charge in [0.2, 0.25) is 0 Å². The van der Waals surface area contributed by atoms with E-state index in [1.807, 2.05) is 6.07 Å². The van der Waals surface area contributed by atoms with Gasteiger partial charge in [0.05, 0.1) is 5.60 Å². The zero-order valence-electron chi connectivity index (χ0n) is 11.1. The topological polar surface area (TPSA) is 20.2 Å². The molecule has 4 bridgehead atoms. The van der Waals surface area contributed by atoms with Crippen LogP contribution in [0.25, 0.3) is 0 Å². The van der Waals surface area contributed by atoms with Gasteiger partial charge in [-0.15, -0.1) is 0 Å². The number of benzene rings is 1. The third-order valence-electron chi connectivity index (χ3n) is 6.57. The molecule has 3 aliphatic rings. The predicted octanol–water partition coefficient (Wildman–Crippen LogP) is 3.72.